The second-order valence-corrected chi connectivity index (χ2v) is 5.95. The molecule has 5 heteroatoms. The van der Waals surface area contributed by atoms with E-state index in [0.29, 0.717) is 0 Å². The van der Waals surface area contributed by atoms with Gasteiger partial charge in [-0.2, -0.15) is 0 Å². The highest BCUT2D eigenvalue weighted by atomic mass is 127. The van der Waals surface area contributed by atoms with Gasteiger partial charge in [0.2, 0.25) is 0 Å². The molecule has 1 aromatic carbocycles. The molecular weight excluding hydrogens is 375 g/mol. The van der Waals surface area contributed by atoms with Crippen LogP contribution in [-0.2, 0) is 0 Å². The summed E-state index contributed by atoms with van der Waals surface area (Å²) in [5.41, 5.74) is 3.94. The molecule has 4 nitrogen and oxygen atoms in total. The van der Waals surface area contributed by atoms with Gasteiger partial charge in [0.25, 0.3) is 0 Å². The Morgan fingerprint density at radius 1 is 1.05 bits per heavy atom. The lowest BCUT2D eigenvalue weighted by molar-refractivity contribution is 1.09. The van der Waals surface area contributed by atoms with Crippen molar-refractivity contribution in [3.8, 4) is 11.4 Å². The first-order chi connectivity index (χ1) is 10.1. The molecule has 21 heavy (non-hydrogen) atoms. The van der Waals surface area contributed by atoms with Crippen LogP contribution >= 0.6 is 22.6 Å². The van der Waals surface area contributed by atoms with Gasteiger partial charge in [0.05, 0.1) is 14.8 Å². The molecule has 3 aromatic rings. The molecule has 0 saturated carbocycles. The molecule has 0 aliphatic carbocycles. The van der Waals surface area contributed by atoms with Crippen molar-refractivity contribution >= 4 is 39.3 Å². The quantitative estimate of drug-likeness (QED) is 0.674. The van der Waals surface area contributed by atoms with E-state index in [0.717, 1.165) is 43.1 Å². The summed E-state index contributed by atoms with van der Waals surface area (Å²) in [7, 11) is 1.88. The van der Waals surface area contributed by atoms with Crippen LogP contribution < -0.4 is 5.32 Å². The Morgan fingerprint density at radius 2 is 1.81 bits per heavy atom. The molecule has 3 rings (SSSR count). The number of halogens is 1. The van der Waals surface area contributed by atoms with E-state index in [1.54, 1.807) is 0 Å². The molecule has 0 spiro atoms. The molecule has 0 fully saturated rings. The Hall–Kier alpha value is -1.76. The van der Waals surface area contributed by atoms with Gasteiger partial charge in [-0.25, -0.2) is 9.97 Å². The fourth-order valence-electron chi connectivity index (χ4n) is 2.34. The van der Waals surface area contributed by atoms with E-state index in [-0.39, 0.29) is 0 Å². The number of anilines is 1. The summed E-state index contributed by atoms with van der Waals surface area (Å²) >= 11 is 2.27. The molecule has 1 N–H and O–H groups in total. The standard InChI is InChI=1S/C16H15IN4/c1-9-8-12(11-6-4-5-7-13(11)19-9)15-20-10(2)14(17)16(18-3)21-15/h4-8H,1-3H3,(H,18,20,21). The van der Waals surface area contributed by atoms with E-state index in [1.165, 1.54) is 0 Å². The van der Waals surface area contributed by atoms with Crippen LogP contribution in [-0.4, -0.2) is 22.0 Å². The van der Waals surface area contributed by atoms with E-state index in [1.807, 2.05) is 45.2 Å². The maximum absolute atomic E-state index is 4.66. The van der Waals surface area contributed by atoms with Crippen LogP contribution in [0.3, 0.4) is 0 Å². The molecule has 0 aliphatic heterocycles. The van der Waals surface area contributed by atoms with Crippen LogP contribution in [0.4, 0.5) is 5.82 Å². The van der Waals surface area contributed by atoms with E-state index in [2.05, 4.69) is 48.9 Å². The van der Waals surface area contributed by atoms with Gasteiger partial charge in [-0.1, -0.05) is 18.2 Å². The Labute approximate surface area is 137 Å². The second kappa shape index (κ2) is 5.55. The van der Waals surface area contributed by atoms with Gasteiger partial charge in [0, 0.05) is 23.7 Å². The Kier molecular flexibility index (Phi) is 3.75. The van der Waals surface area contributed by atoms with Crippen LogP contribution in [0.25, 0.3) is 22.3 Å². The van der Waals surface area contributed by atoms with Gasteiger partial charge >= 0.3 is 0 Å². The Bertz CT molecular complexity index is 830. The second-order valence-electron chi connectivity index (χ2n) is 4.87. The number of rotatable bonds is 2. The minimum Gasteiger partial charge on any atom is -0.372 e. The Morgan fingerprint density at radius 3 is 2.57 bits per heavy atom. The van der Waals surface area contributed by atoms with Crippen molar-refractivity contribution in [1.29, 1.82) is 0 Å². The van der Waals surface area contributed by atoms with Gasteiger partial charge in [0.15, 0.2) is 5.82 Å². The summed E-state index contributed by atoms with van der Waals surface area (Å²) in [6.45, 7) is 4.00. The molecule has 0 amide bonds. The molecule has 0 bridgehead atoms. The van der Waals surface area contributed by atoms with Gasteiger partial charge < -0.3 is 5.32 Å². The first-order valence-electron chi connectivity index (χ1n) is 6.69. The van der Waals surface area contributed by atoms with Crippen molar-refractivity contribution in [2.24, 2.45) is 0 Å². The van der Waals surface area contributed by atoms with Gasteiger partial charge in [-0.15, -0.1) is 0 Å². The largest absolute Gasteiger partial charge is 0.372 e. The van der Waals surface area contributed by atoms with Crippen LogP contribution in [0, 0.1) is 17.4 Å². The summed E-state index contributed by atoms with van der Waals surface area (Å²) in [5, 5.41) is 4.21. The molecule has 2 heterocycles. The SMILES string of the molecule is CNc1nc(-c2cc(C)nc3ccccc23)nc(C)c1I. The van der Waals surface area contributed by atoms with Crippen molar-refractivity contribution in [2.45, 2.75) is 13.8 Å². The Balaban J connectivity index is 2.32. The third-order valence-electron chi connectivity index (χ3n) is 3.34. The van der Waals surface area contributed by atoms with Gasteiger partial charge in [-0.3, -0.25) is 4.98 Å². The molecule has 106 valence electrons. The lowest BCUT2D eigenvalue weighted by atomic mass is 10.1. The smallest absolute Gasteiger partial charge is 0.162 e. The maximum Gasteiger partial charge on any atom is 0.162 e. The van der Waals surface area contributed by atoms with Crippen molar-refractivity contribution in [3.05, 3.63) is 45.3 Å². The van der Waals surface area contributed by atoms with Crippen LogP contribution in [0.1, 0.15) is 11.4 Å². The van der Waals surface area contributed by atoms with Crippen molar-refractivity contribution in [1.82, 2.24) is 15.0 Å². The third-order valence-corrected chi connectivity index (χ3v) is 4.63. The maximum atomic E-state index is 4.66. The minimum absolute atomic E-state index is 0.735. The summed E-state index contributed by atoms with van der Waals surface area (Å²) in [6, 6.07) is 10.1. The molecular formula is C16H15IN4. The van der Waals surface area contributed by atoms with Gasteiger partial charge in [-0.05, 0) is 48.6 Å². The first-order valence-corrected chi connectivity index (χ1v) is 7.76. The number of nitrogens with zero attached hydrogens (tertiary/aromatic N) is 3. The monoisotopic (exact) mass is 390 g/mol. The number of pyridine rings is 1. The molecule has 2 aromatic heterocycles. The predicted octanol–water partition coefficient (Wildman–Crippen LogP) is 3.95. The number of fused-ring (bicyclic) bond motifs is 1. The summed E-state index contributed by atoms with van der Waals surface area (Å²) in [6.07, 6.45) is 0. The average molecular weight is 390 g/mol. The van der Waals surface area contributed by atoms with Gasteiger partial charge in [0.1, 0.15) is 5.82 Å². The highest BCUT2D eigenvalue weighted by Crippen LogP contribution is 2.29. The average Bonchev–Trinajstić information content (AvgIpc) is 2.49. The highest BCUT2D eigenvalue weighted by molar-refractivity contribution is 14.1. The number of aromatic nitrogens is 3. The third kappa shape index (κ3) is 2.57. The summed E-state index contributed by atoms with van der Waals surface area (Å²) in [5.74, 6) is 1.59. The van der Waals surface area contributed by atoms with Crippen LogP contribution in [0.15, 0.2) is 30.3 Å². The number of hydrogen-bond acceptors (Lipinski definition) is 4. The fraction of sp³-hybridized carbons (Fsp3) is 0.188. The van der Waals surface area contributed by atoms with E-state index in [4.69, 9.17) is 0 Å². The predicted molar refractivity (Wildman–Crippen MR) is 94.5 cm³/mol. The zero-order valence-corrected chi connectivity index (χ0v) is 14.3. The highest BCUT2D eigenvalue weighted by Gasteiger charge is 2.13. The van der Waals surface area contributed by atoms with E-state index >= 15 is 0 Å². The molecule has 0 aliphatic rings. The summed E-state index contributed by atoms with van der Waals surface area (Å²) < 4.78 is 1.05. The lowest BCUT2D eigenvalue weighted by Crippen LogP contribution is -2.03. The van der Waals surface area contributed by atoms with Crippen molar-refractivity contribution in [2.75, 3.05) is 12.4 Å². The zero-order valence-electron chi connectivity index (χ0n) is 12.1. The molecule has 0 unspecified atom stereocenters. The molecule has 0 atom stereocenters. The lowest BCUT2D eigenvalue weighted by Gasteiger charge is -2.11. The number of nitrogens with one attached hydrogen (secondary N) is 1. The normalized spacial score (nSPS) is 10.9. The van der Waals surface area contributed by atoms with E-state index < -0.39 is 0 Å². The zero-order chi connectivity index (χ0) is 15.0. The van der Waals surface area contributed by atoms with Crippen LogP contribution in [0.2, 0.25) is 0 Å². The minimum atomic E-state index is 0.735. The molecule has 0 saturated heterocycles. The first kappa shape index (κ1) is 14.2. The van der Waals surface area contributed by atoms with E-state index in [9.17, 15) is 0 Å². The topological polar surface area (TPSA) is 50.7 Å². The fourth-order valence-corrected chi connectivity index (χ4v) is 2.85. The number of para-hydroxylation sites is 1. The van der Waals surface area contributed by atoms with Crippen molar-refractivity contribution in [3.63, 3.8) is 0 Å². The summed E-state index contributed by atoms with van der Waals surface area (Å²) in [4.78, 5) is 13.9. The van der Waals surface area contributed by atoms with Crippen molar-refractivity contribution < 1.29 is 0 Å². The number of hydrogen-bond donors (Lipinski definition) is 1. The number of aryl methyl sites for hydroxylation is 2. The number of benzene rings is 1. The molecule has 0 radical (unpaired) electrons. The van der Waals surface area contributed by atoms with Crippen LogP contribution in [0.5, 0.6) is 0 Å².